The predicted octanol–water partition coefficient (Wildman–Crippen LogP) is 2.66. The van der Waals surface area contributed by atoms with Crippen molar-refractivity contribution in [1.29, 1.82) is 5.26 Å². The lowest BCUT2D eigenvalue weighted by Gasteiger charge is -2.07. The van der Waals surface area contributed by atoms with Gasteiger partial charge < -0.3 is 4.74 Å². The molecule has 1 aromatic carbocycles. The summed E-state index contributed by atoms with van der Waals surface area (Å²) in [5.74, 6) is -1.94. The summed E-state index contributed by atoms with van der Waals surface area (Å²) in [7, 11) is 0. The SMILES string of the molecule is CCOC(=O)[C@H](C#N)C=N[C@@H](C)c1ccc(F)cc1. The molecular formula is C14H15FN2O2. The van der Waals surface area contributed by atoms with E-state index >= 15 is 0 Å². The lowest BCUT2D eigenvalue weighted by molar-refractivity contribution is -0.143. The summed E-state index contributed by atoms with van der Waals surface area (Å²) in [5.41, 5.74) is 0.804. The Balaban J connectivity index is 2.71. The molecule has 1 aromatic rings. The second-order valence-electron chi connectivity index (χ2n) is 3.88. The Labute approximate surface area is 111 Å². The number of rotatable bonds is 5. The summed E-state index contributed by atoms with van der Waals surface area (Å²) in [6, 6.07) is 7.47. The average molecular weight is 262 g/mol. The Hall–Kier alpha value is -2.22. The number of carbonyl (C=O) groups is 1. The molecule has 2 atom stereocenters. The van der Waals surface area contributed by atoms with Crippen molar-refractivity contribution in [2.75, 3.05) is 6.61 Å². The van der Waals surface area contributed by atoms with Gasteiger partial charge in [-0.1, -0.05) is 12.1 Å². The largest absolute Gasteiger partial charge is 0.465 e. The number of carbonyl (C=O) groups excluding carboxylic acids is 1. The zero-order valence-corrected chi connectivity index (χ0v) is 10.8. The molecule has 0 saturated heterocycles. The molecular weight excluding hydrogens is 247 g/mol. The van der Waals surface area contributed by atoms with Gasteiger partial charge in [0.15, 0.2) is 5.92 Å². The first-order valence-electron chi connectivity index (χ1n) is 5.93. The van der Waals surface area contributed by atoms with E-state index in [9.17, 15) is 9.18 Å². The highest BCUT2D eigenvalue weighted by atomic mass is 19.1. The molecule has 0 amide bonds. The van der Waals surface area contributed by atoms with Crippen LogP contribution in [0.1, 0.15) is 25.5 Å². The first-order valence-corrected chi connectivity index (χ1v) is 5.93. The number of nitriles is 1. The van der Waals surface area contributed by atoms with Crippen LogP contribution in [0.4, 0.5) is 4.39 Å². The zero-order valence-electron chi connectivity index (χ0n) is 10.8. The number of benzene rings is 1. The van der Waals surface area contributed by atoms with Crippen LogP contribution in [0.3, 0.4) is 0 Å². The van der Waals surface area contributed by atoms with Crippen molar-refractivity contribution >= 4 is 12.2 Å². The van der Waals surface area contributed by atoms with Gasteiger partial charge in [-0.25, -0.2) is 4.39 Å². The van der Waals surface area contributed by atoms with E-state index in [1.54, 1.807) is 26.0 Å². The van der Waals surface area contributed by atoms with Gasteiger partial charge >= 0.3 is 5.97 Å². The average Bonchev–Trinajstić information content (AvgIpc) is 2.40. The maximum Gasteiger partial charge on any atom is 0.328 e. The van der Waals surface area contributed by atoms with E-state index in [2.05, 4.69) is 4.99 Å². The van der Waals surface area contributed by atoms with E-state index in [4.69, 9.17) is 10.00 Å². The van der Waals surface area contributed by atoms with Gasteiger partial charge in [-0.05, 0) is 31.5 Å². The van der Waals surface area contributed by atoms with Gasteiger partial charge in [0.25, 0.3) is 0 Å². The van der Waals surface area contributed by atoms with Crippen molar-refractivity contribution in [2.45, 2.75) is 19.9 Å². The molecule has 100 valence electrons. The molecule has 0 unspecified atom stereocenters. The third-order valence-corrected chi connectivity index (χ3v) is 2.49. The van der Waals surface area contributed by atoms with E-state index in [1.165, 1.54) is 18.3 Å². The van der Waals surface area contributed by atoms with Gasteiger partial charge in [0.05, 0.1) is 18.7 Å². The quantitative estimate of drug-likeness (QED) is 0.605. The van der Waals surface area contributed by atoms with Crippen molar-refractivity contribution in [2.24, 2.45) is 10.9 Å². The smallest absolute Gasteiger partial charge is 0.328 e. The monoisotopic (exact) mass is 262 g/mol. The van der Waals surface area contributed by atoms with Crippen LogP contribution in [0, 0.1) is 23.1 Å². The van der Waals surface area contributed by atoms with Crippen LogP contribution >= 0.6 is 0 Å². The number of esters is 1. The molecule has 0 aromatic heterocycles. The number of ether oxygens (including phenoxy) is 1. The molecule has 5 heteroatoms. The summed E-state index contributed by atoms with van der Waals surface area (Å²) in [6.07, 6.45) is 1.27. The molecule has 0 radical (unpaired) electrons. The third kappa shape index (κ3) is 4.51. The Morgan fingerprint density at radius 1 is 1.53 bits per heavy atom. The standard InChI is InChI=1S/C14H15FN2O2/c1-3-19-14(18)12(8-16)9-17-10(2)11-4-6-13(15)7-5-11/h4-7,9-10,12H,3H2,1-2H3/t10-,12+/m0/s1. The summed E-state index contributed by atoms with van der Waals surface area (Å²) < 4.78 is 17.5. The van der Waals surface area contributed by atoms with Crippen LogP contribution in [0.2, 0.25) is 0 Å². The van der Waals surface area contributed by atoms with E-state index in [1.807, 2.05) is 6.07 Å². The maximum absolute atomic E-state index is 12.8. The molecule has 19 heavy (non-hydrogen) atoms. The van der Waals surface area contributed by atoms with Gasteiger partial charge in [-0.2, -0.15) is 5.26 Å². The fourth-order valence-corrected chi connectivity index (χ4v) is 1.42. The van der Waals surface area contributed by atoms with Gasteiger partial charge in [0.1, 0.15) is 5.82 Å². The second-order valence-corrected chi connectivity index (χ2v) is 3.88. The molecule has 4 nitrogen and oxygen atoms in total. The molecule has 0 fully saturated rings. The minimum atomic E-state index is -1.01. The van der Waals surface area contributed by atoms with E-state index in [0.717, 1.165) is 5.56 Å². The first kappa shape index (κ1) is 14.8. The van der Waals surface area contributed by atoms with Gasteiger partial charge in [0.2, 0.25) is 0 Å². The highest BCUT2D eigenvalue weighted by molar-refractivity contribution is 5.92. The van der Waals surface area contributed by atoms with Crippen molar-refractivity contribution < 1.29 is 13.9 Å². The third-order valence-electron chi connectivity index (χ3n) is 2.49. The zero-order chi connectivity index (χ0) is 14.3. The molecule has 0 heterocycles. The molecule has 0 aliphatic carbocycles. The first-order chi connectivity index (χ1) is 9.08. The normalized spacial score (nSPS) is 13.8. The minimum Gasteiger partial charge on any atom is -0.465 e. The Morgan fingerprint density at radius 3 is 2.68 bits per heavy atom. The van der Waals surface area contributed by atoms with Crippen molar-refractivity contribution in [3.05, 3.63) is 35.6 Å². The van der Waals surface area contributed by atoms with Crippen LogP contribution < -0.4 is 0 Å². The van der Waals surface area contributed by atoms with Crippen molar-refractivity contribution in [3.8, 4) is 6.07 Å². The van der Waals surface area contributed by atoms with Gasteiger partial charge in [-0.3, -0.25) is 9.79 Å². The maximum atomic E-state index is 12.8. The van der Waals surface area contributed by atoms with E-state index in [-0.39, 0.29) is 18.5 Å². The molecule has 0 spiro atoms. The lowest BCUT2D eigenvalue weighted by atomic mass is 10.1. The Morgan fingerprint density at radius 2 is 2.16 bits per heavy atom. The minimum absolute atomic E-state index is 0.221. The highest BCUT2D eigenvalue weighted by Crippen LogP contribution is 2.16. The fourth-order valence-electron chi connectivity index (χ4n) is 1.42. The van der Waals surface area contributed by atoms with Crippen LogP contribution in [0.25, 0.3) is 0 Å². The lowest BCUT2D eigenvalue weighted by Crippen LogP contribution is -2.17. The van der Waals surface area contributed by atoms with Gasteiger partial charge in [0, 0.05) is 6.21 Å². The number of nitrogens with zero attached hydrogens (tertiary/aromatic N) is 2. The van der Waals surface area contributed by atoms with Crippen LogP contribution in [-0.4, -0.2) is 18.8 Å². The number of hydrogen-bond donors (Lipinski definition) is 0. The number of aliphatic imine (C=N–C) groups is 1. The second kappa shape index (κ2) is 7.27. The number of halogens is 1. The molecule has 0 N–H and O–H groups in total. The summed E-state index contributed by atoms with van der Waals surface area (Å²) in [4.78, 5) is 15.5. The van der Waals surface area contributed by atoms with Gasteiger partial charge in [-0.15, -0.1) is 0 Å². The summed E-state index contributed by atoms with van der Waals surface area (Å²) in [5, 5.41) is 8.85. The molecule has 0 aliphatic heterocycles. The number of hydrogen-bond acceptors (Lipinski definition) is 4. The Kier molecular flexibility index (Phi) is 5.68. The van der Waals surface area contributed by atoms with Crippen molar-refractivity contribution in [3.63, 3.8) is 0 Å². The molecule has 0 aliphatic rings. The highest BCUT2D eigenvalue weighted by Gasteiger charge is 2.16. The molecule has 1 rings (SSSR count). The van der Waals surface area contributed by atoms with E-state index in [0.29, 0.717) is 0 Å². The molecule has 0 bridgehead atoms. The van der Waals surface area contributed by atoms with E-state index < -0.39 is 11.9 Å². The van der Waals surface area contributed by atoms with Crippen molar-refractivity contribution in [1.82, 2.24) is 0 Å². The fraction of sp³-hybridized carbons (Fsp3) is 0.357. The molecule has 0 saturated carbocycles. The summed E-state index contributed by atoms with van der Waals surface area (Å²) >= 11 is 0. The Bertz CT molecular complexity index is 491. The van der Waals surface area contributed by atoms with Crippen LogP contribution in [0.15, 0.2) is 29.3 Å². The topological polar surface area (TPSA) is 62.5 Å². The van der Waals surface area contributed by atoms with Crippen LogP contribution in [-0.2, 0) is 9.53 Å². The predicted molar refractivity (Wildman–Crippen MR) is 69.0 cm³/mol. The summed E-state index contributed by atoms with van der Waals surface area (Å²) in [6.45, 7) is 3.69. The van der Waals surface area contributed by atoms with Crippen LogP contribution in [0.5, 0.6) is 0 Å².